The number of hydrogen-bond acceptors (Lipinski definition) is 3. The molecule has 0 bridgehead atoms. The van der Waals surface area contributed by atoms with E-state index in [0.29, 0.717) is 11.1 Å². The molecule has 0 saturated carbocycles. The molecule has 1 amide bonds. The maximum absolute atomic E-state index is 13.1. The van der Waals surface area contributed by atoms with Crippen LogP contribution in [0.5, 0.6) is 0 Å². The molecule has 1 aliphatic rings. The van der Waals surface area contributed by atoms with Crippen molar-refractivity contribution < 1.29 is 14.3 Å². The van der Waals surface area contributed by atoms with Crippen molar-refractivity contribution in [3.05, 3.63) is 83.4 Å². The summed E-state index contributed by atoms with van der Waals surface area (Å²) in [6.07, 6.45) is 1.94. The van der Waals surface area contributed by atoms with Crippen LogP contribution in [0, 0.1) is 0 Å². The number of nitrogens with zero attached hydrogens (tertiary/aromatic N) is 1. The van der Waals surface area contributed by atoms with Crippen LogP contribution in [-0.2, 0) is 4.74 Å². The lowest BCUT2D eigenvalue weighted by molar-refractivity contribution is 0.0599. The van der Waals surface area contributed by atoms with Gasteiger partial charge in [-0.1, -0.05) is 42.5 Å². The zero-order chi connectivity index (χ0) is 18.8. The molecule has 136 valence electrons. The van der Waals surface area contributed by atoms with E-state index >= 15 is 0 Å². The topological polar surface area (TPSA) is 46.6 Å². The first-order chi connectivity index (χ1) is 13.2. The van der Waals surface area contributed by atoms with Gasteiger partial charge in [0, 0.05) is 12.1 Å². The Morgan fingerprint density at radius 1 is 0.926 bits per heavy atom. The molecule has 0 radical (unpaired) electrons. The molecule has 0 N–H and O–H groups in total. The number of amides is 1. The molecule has 0 aliphatic carbocycles. The molecule has 27 heavy (non-hydrogen) atoms. The molecule has 1 unspecified atom stereocenters. The Morgan fingerprint density at radius 3 is 2.41 bits per heavy atom. The molecule has 1 atom stereocenters. The van der Waals surface area contributed by atoms with Crippen molar-refractivity contribution in [1.82, 2.24) is 4.90 Å². The van der Waals surface area contributed by atoms with Crippen LogP contribution in [0.2, 0.25) is 0 Å². The quantitative estimate of drug-likeness (QED) is 0.642. The van der Waals surface area contributed by atoms with Gasteiger partial charge in [-0.2, -0.15) is 0 Å². The third kappa shape index (κ3) is 3.19. The van der Waals surface area contributed by atoms with Crippen LogP contribution in [0.25, 0.3) is 10.8 Å². The summed E-state index contributed by atoms with van der Waals surface area (Å²) >= 11 is 0. The predicted molar refractivity (Wildman–Crippen MR) is 105 cm³/mol. The highest BCUT2D eigenvalue weighted by Crippen LogP contribution is 2.36. The van der Waals surface area contributed by atoms with E-state index in [1.165, 1.54) is 23.4 Å². The van der Waals surface area contributed by atoms with Gasteiger partial charge in [0.15, 0.2) is 0 Å². The Bertz CT molecular complexity index is 989. The van der Waals surface area contributed by atoms with Crippen molar-refractivity contribution in [2.75, 3.05) is 13.7 Å². The summed E-state index contributed by atoms with van der Waals surface area (Å²) in [4.78, 5) is 26.7. The molecule has 1 aliphatic heterocycles. The van der Waals surface area contributed by atoms with Gasteiger partial charge in [-0.05, 0) is 53.4 Å². The lowest BCUT2D eigenvalue weighted by Gasteiger charge is -2.26. The lowest BCUT2D eigenvalue weighted by atomic mass is 9.97. The van der Waals surface area contributed by atoms with Crippen LogP contribution in [0.4, 0.5) is 0 Å². The number of carbonyl (C=O) groups excluding carboxylic acids is 2. The molecule has 3 aromatic rings. The van der Waals surface area contributed by atoms with Crippen molar-refractivity contribution >= 4 is 22.6 Å². The number of hydrogen-bond donors (Lipinski definition) is 0. The molecular formula is C23H21NO3. The highest BCUT2D eigenvalue weighted by atomic mass is 16.5. The van der Waals surface area contributed by atoms with Gasteiger partial charge in [0.2, 0.25) is 0 Å². The summed E-state index contributed by atoms with van der Waals surface area (Å²) in [5, 5.41) is 2.39. The largest absolute Gasteiger partial charge is 0.465 e. The number of esters is 1. The number of ether oxygens (including phenoxy) is 1. The van der Waals surface area contributed by atoms with Gasteiger partial charge in [-0.25, -0.2) is 4.79 Å². The van der Waals surface area contributed by atoms with E-state index in [-0.39, 0.29) is 11.9 Å². The summed E-state index contributed by atoms with van der Waals surface area (Å²) < 4.78 is 4.72. The minimum Gasteiger partial charge on any atom is -0.465 e. The second kappa shape index (κ2) is 7.23. The molecule has 0 spiro atoms. The summed E-state index contributed by atoms with van der Waals surface area (Å²) in [7, 11) is 1.35. The molecule has 4 nitrogen and oxygen atoms in total. The normalized spacial score (nSPS) is 16.5. The average molecular weight is 359 g/mol. The van der Waals surface area contributed by atoms with E-state index < -0.39 is 5.97 Å². The fraction of sp³-hybridized carbons (Fsp3) is 0.217. The van der Waals surface area contributed by atoms with Gasteiger partial charge in [-0.15, -0.1) is 0 Å². The predicted octanol–water partition coefficient (Wildman–Crippen LogP) is 4.60. The van der Waals surface area contributed by atoms with E-state index in [4.69, 9.17) is 4.74 Å². The van der Waals surface area contributed by atoms with E-state index in [0.717, 1.165) is 19.4 Å². The summed E-state index contributed by atoms with van der Waals surface area (Å²) in [5.74, 6) is -0.398. The highest BCUT2D eigenvalue weighted by molar-refractivity contribution is 5.97. The number of rotatable bonds is 3. The molecule has 0 aromatic heterocycles. The van der Waals surface area contributed by atoms with Gasteiger partial charge in [0.25, 0.3) is 5.91 Å². The first-order valence-electron chi connectivity index (χ1n) is 9.16. The number of fused-ring (bicyclic) bond motifs is 1. The first kappa shape index (κ1) is 17.3. The minimum absolute atomic E-state index is 0.00171. The first-order valence-corrected chi connectivity index (χ1v) is 9.16. The third-order valence-corrected chi connectivity index (χ3v) is 5.25. The Morgan fingerprint density at radius 2 is 1.63 bits per heavy atom. The molecule has 3 aromatic carbocycles. The maximum Gasteiger partial charge on any atom is 0.337 e. The number of benzene rings is 3. The van der Waals surface area contributed by atoms with Crippen LogP contribution in [-0.4, -0.2) is 30.4 Å². The van der Waals surface area contributed by atoms with Crippen molar-refractivity contribution in [1.29, 1.82) is 0 Å². The Kier molecular flexibility index (Phi) is 4.63. The monoisotopic (exact) mass is 359 g/mol. The Hall–Kier alpha value is -3.14. The van der Waals surface area contributed by atoms with Crippen LogP contribution in [0.1, 0.15) is 45.2 Å². The standard InChI is InChI=1S/C23H21NO3/c1-27-23(26)18-13-11-17(12-14-18)22(25)24-15-5-10-21(24)20-9-4-7-16-6-2-3-8-19(16)20/h2-4,6-9,11-14,21H,5,10,15H2,1H3. The number of methoxy groups -OCH3 is 1. The third-order valence-electron chi connectivity index (χ3n) is 5.25. The number of carbonyl (C=O) groups is 2. The van der Waals surface area contributed by atoms with Crippen molar-refractivity contribution in [2.24, 2.45) is 0 Å². The minimum atomic E-state index is -0.399. The van der Waals surface area contributed by atoms with Crippen LogP contribution in [0.3, 0.4) is 0 Å². The second-order valence-electron chi connectivity index (χ2n) is 6.79. The number of likely N-dealkylation sites (tertiary alicyclic amines) is 1. The molecule has 4 rings (SSSR count). The average Bonchev–Trinajstić information content (AvgIpc) is 3.22. The highest BCUT2D eigenvalue weighted by Gasteiger charge is 2.31. The fourth-order valence-corrected chi connectivity index (χ4v) is 3.91. The zero-order valence-corrected chi connectivity index (χ0v) is 15.2. The fourth-order valence-electron chi connectivity index (χ4n) is 3.91. The Balaban J connectivity index is 1.65. The lowest BCUT2D eigenvalue weighted by Crippen LogP contribution is -2.30. The van der Waals surface area contributed by atoms with Crippen molar-refractivity contribution in [3.63, 3.8) is 0 Å². The van der Waals surface area contributed by atoms with Gasteiger partial charge < -0.3 is 9.64 Å². The summed E-state index contributed by atoms with van der Waals surface area (Å²) in [5.41, 5.74) is 2.24. The van der Waals surface area contributed by atoms with Crippen LogP contribution >= 0.6 is 0 Å². The molecule has 1 saturated heterocycles. The van der Waals surface area contributed by atoms with Gasteiger partial charge >= 0.3 is 5.97 Å². The maximum atomic E-state index is 13.1. The molecule has 1 fully saturated rings. The van der Waals surface area contributed by atoms with Gasteiger partial charge in [0.1, 0.15) is 0 Å². The van der Waals surface area contributed by atoms with E-state index in [2.05, 4.69) is 30.3 Å². The molecule has 4 heteroatoms. The summed E-state index contributed by atoms with van der Waals surface area (Å²) in [6.45, 7) is 0.742. The Labute approximate surface area is 158 Å². The van der Waals surface area contributed by atoms with E-state index in [1.807, 2.05) is 17.0 Å². The zero-order valence-electron chi connectivity index (χ0n) is 15.2. The van der Waals surface area contributed by atoms with Crippen molar-refractivity contribution in [3.8, 4) is 0 Å². The van der Waals surface area contributed by atoms with Crippen LogP contribution in [0.15, 0.2) is 66.7 Å². The SMILES string of the molecule is COC(=O)c1ccc(C(=O)N2CCCC2c2cccc3ccccc23)cc1. The molecular weight excluding hydrogens is 338 g/mol. The van der Waals surface area contributed by atoms with E-state index in [9.17, 15) is 9.59 Å². The second-order valence-corrected chi connectivity index (χ2v) is 6.79. The van der Waals surface area contributed by atoms with Crippen molar-refractivity contribution in [2.45, 2.75) is 18.9 Å². The van der Waals surface area contributed by atoms with Gasteiger partial charge in [-0.3, -0.25) is 4.79 Å². The molecule has 1 heterocycles. The van der Waals surface area contributed by atoms with E-state index in [1.54, 1.807) is 24.3 Å². The smallest absolute Gasteiger partial charge is 0.337 e. The summed E-state index contributed by atoms with van der Waals surface area (Å²) in [6, 6.07) is 21.3. The van der Waals surface area contributed by atoms with Gasteiger partial charge in [0.05, 0.1) is 18.7 Å². The van der Waals surface area contributed by atoms with Crippen LogP contribution < -0.4 is 0 Å².